The molecule has 0 bridgehead atoms. The fraction of sp³-hybridized carbons (Fsp3) is 0.538. The summed E-state index contributed by atoms with van der Waals surface area (Å²) in [6.45, 7) is 41.6. The molecule has 74 heavy (non-hydrogen) atoms. The molecule has 0 amide bonds. The molecule has 5 aromatic rings. The standard InChI is InChI=1S/C13H20.C12H18.C11H13F3.C10H14O.C9H7F5.C8H18.2CH4/c1-10(2)11-6-8-12(9-7-11)13(3,4)5;1-8(2)12-10(4)6-9(3)7-11(12)5;1-7(2)9-4-8(3)5-10(6-9)11(12,13)14;1-8(2)9-4-6-10(11-3)7-5-9;1-3(2)4-5(10)7(12)9(14)8(13)6(4)11;1-4-5-6-7-8(2)3;;/h6-10H,1-5H3;6-8H,1-5H3;4-7H,1-3H3;4-8H,1-3H3;3H,1-2H3;8H,4-7H2,1-3H3;2*1H4. The zero-order valence-electron chi connectivity index (χ0n) is 47.7. The van der Waals surface area contributed by atoms with Crippen molar-refractivity contribution < 1.29 is 39.9 Å². The van der Waals surface area contributed by atoms with Crippen LogP contribution in [0.15, 0.2) is 78.9 Å². The first-order chi connectivity index (χ1) is 33.1. The van der Waals surface area contributed by atoms with Gasteiger partial charge in [-0.3, -0.25) is 0 Å². The van der Waals surface area contributed by atoms with Crippen LogP contribution < -0.4 is 4.74 Å². The van der Waals surface area contributed by atoms with Crippen molar-refractivity contribution in [2.75, 3.05) is 7.11 Å². The van der Waals surface area contributed by atoms with Gasteiger partial charge in [0.25, 0.3) is 0 Å². The Bertz CT molecular complexity index is 2260. The Morgan fingerprint density at radius 3 is 1.15 bits per heavy atom. The van der Waals surface area contributed by atoms with Crippen LogP contribution in [0.25, 0.3) is 0 Å². The minimum atomic E-state index is -4.24. The first-order valence-electron chi connectivity index (χ1n) is 25.6. The van der Waals surface area contributed by atoms with E-state index in [2.05, 4.69) is 152 Å². The maximum absolute atomic E-state index is 12.9. The summed E-state index contributed by atoms with van der Waals surface area (Å²) in [7, 11) is 1.68. The monoisotopic (exact) mass is 1050 g/mol. The lowest BCUT2D eigenvalue weighted by atomic mass is 9.86. The summed E-state index contributed by atoms with van der Waals surface area (Å²) in [6.07, 6.45) is 1.36. The van der Waals surface area contributed by atoms with E-state index in [0.717, 1.165) is 17.2 Å². The first kappa shape index (κ1) is 73.6. The van der Waals surface area contributed by atoms with E-state index in [-0.39, 0.29) is 26.2 Å². The fourth-order valence-electron chi connectivity index (χ4n) is 7.70. The van der Waals surface area contributed by atoms with Crippen molar-refractivity contribution in [3.63, 3.8) is 0 Å². The molecule has 0 saturated heterocycles. The molecule has 5 aromatic carbocycles. The third-order valence-corrected chi connectivity index (χ3v) is 11.8. The summed E-state index contributed by atoms with van der Waals surface area (Å²) in [5.74, 6) is -6.36. The summed E-state index contributed by atoms with van der Waals surface area (Å²) < 4.78 is 106. The predicted molar refractivity (Wildman–Crippen MR) is 304 cm³/mol. The topological polar surface area (TPSA) is 9.23 Å². The molecule has 0 N–H and O–H groups in total. The van der Waals surface area contributed by atoms with Gasteiger partial charge in [0.2, 0.25) is 5.82 Å². The predicted octanol–water partition coefficient (Wildman–Crippen LogP) is 22.8. The molecule has 0 spiro atoms. The number of ether oxygens (including phenoxy) is 1. The maximum Gasteiger partial charge on any atom is 0.416 e. The van der Waals surface area contributed by atoms with Gasteiger partial charge < -0.3 is 4.74 Å². The highest BCUT2D eigenvalue weighted by molar-refractivity contribution is 5.39. The van der Waals surface area contributed by atoms with Gasteiger partial charge in [-0.15, -0.1) is 0 Å². The van der Waals surface area contributed by atoms with Gasteiger partial charge in [-0.05, 0) is 132 Å². The molecule has 0 aliphatic rings. The van der Waals surface area contributed by atoms with E-state index in [1.54, 1.807) is 20.1 Å². The summed E-state index contributed by atoms with van der Waals surface area (Å²) in [4.78, 5) is 0. The first-order valence-corrected chi connectivity index (χ1v) is 25.6. The van der Waals surface area contributed by atoms with Crippen LogP contribution in [0, 0.1) is 62.7 Å². The number of alkyl halides is 3. The number of methoxy groups -OCH3 is 1. The molecular weight excluding hydrogens is 949 g/mol. The molecule has 0 aliphatic carbocycles. The molecule has 5 rings (SSSR count). The Labute approximate surface area is 446 Å². The van der Waals surface area contributed by atoms with Gasteiger partial charge in [-0.1, -0.05) is 217 Å². The average Bonchev–Trinajstić information content (AvgIpc) is 3.27. The Balaban J connectivity index is -0.000000819. The van der Waals surface area contributed by atoms with E-state index < -0.39 is 52.3 Å². The summed E-state index contributed by atoms with van der Waals surface area (Å²) in [5, 5.41) is 0. The summed E-state index contributed by atoms with van der Waals surface area (Å²) in [6, 6.07) is 25.9. The highest BCUT2D eigenvalue weighted by Crippen LogP contribution is 2.33. The fourth-order valence-corrected chi connectivity index (χ4v) is 7.70. The number of benzene rings is 5. The molecule has 9 heteroatoms. The van der Waals surface area contributed by atoms with Gasteiger partial charge in [-0.25, -0.2) is 22.0 Å². The van der Waals surface area contributed by atoms with Crippen LogP contribution in [-0.4, -0.2) is 7.11 Å². The lowest BCUT2D eigenvalue weighted by Gasteiger charge is -2.19. The van der Waals surface area contributed by atoms with Crippen LogP contribution in [0.4, 0.5) is 35.1 Å². The van der Waals surface area contributed by atoms with E-state index in [9.17, 15) is 35.1 Å². The van der Waals surface area contributed by atoms with E-state index in [1.807, 2.05) is 26.0 Å². The SMILES string of the molecule is C.C.CC(C)c1c(F)c(F)c(F)c(F)c1F.CC(C)c1ccc(C(C)(C)C)cc1.CCCCCC(C)C.COc1ccc(C(C)C)cc1.Cc1cc(C(C)C)cc(C(F)(F)F)c1.Cc1cc(C)c(C(C)C)c(C)c1. The van der Waals surface area contributed by atoms with Crippen LogP contribution >= 0.6 is 0 Å². The van der Waals surface area contributed by atoms with E-state index in [4.69, 9.17) is 4.74 Å². The van der Waals surface area contributed by atoms with Gasteiger partial charge in [0, 0.05) is 5.56 Å². The Morgan fingerprint density at radius 2 is 0.824 bits per heavy atom. The van der Waals surface area contributed by atoms with Gasteiger partial charge in [0.15, 0.2) is 23.3 Å². The van der Waals surface area contributed by atoms with Crippen molar-refractivity contribution in [1.82, 2.24) is 0 Å². The molecule has 0 unspecified atom stereocenters. The number of hydrogen-bond donors (Lipinski definition) is 0. The van der Waals surface area contributed by atoms with Crippen LogP contribution in [-0.2, 0) is 11.6 Å². The average molecular weight is 1050 g/mol. The van der Waals surface area contributed by atoms with Gasteiger partial charge in [0.1, 0.15) is 5.75 Å². The van der Waals surface area contributed by atoms with Crippen LogP contribution in [0.2, 0.25) is 0 Å². The third-order valence-electron chi connectivity index (χ3n) is 11.8. The summed E-state index contributed by atoms with van der Waals surface area (Å²) >= 11 is 0. The molecule has 0 aliphatic heterocycles. The number of rotatable bonds is 10. The summed E-state index contributed by atoms with van der Waals surface area (Å²) in [5.41, 5.74) is 10.3. The van der Waals surface area contributed by atoms with Crippen LogP contribution in [0.1, 0.15) is 242 Å². The number of halogens is 8. The van der Waals surface area contributed by atoms with Crippen molar-refractivity contribution in [2.45, 2.75) is 220 Å². The molecule has 1 nitrogen and oxygen atoms in total. The second-order valence-corrected chi connectivity index (χ2v) is 21.7. The van der Waals surface area contributed by atoms with Crippen molar-refractivity contribution in [1.29, 1.82) is 0 Å². The molecule has 0 fully saturated rings. The molecule has 0 heterocycles. The number of aryl methyl sites for hydroxylation is 4. The Morgan fingerprint density at radius 1 is 0.446 bits per heavy atom. The molecule has 0 saturated carbocycles. The van der Waals surface area contributed by atoms with Gasteiger partial charge in [0.05, 0.1) is 12.7 Å². The van der Waals surface area contributed by atoms with E-state index in [0.29, 0.717) is 23.3 Å². The lowest BCUT2D eigenvalue weighted by molar-refractivity contribution is -0.137. The lowest BCUT2D eigenvalue weighted by Crippen LogP contribution is -2.10. The zero-order valence-corrected chi connectivity index (χ0v) is 47.7. The minimum Gasteiger partial charge on any atom is -0.497 e. The second kappa shape index (κ2) is 34.8. The molecule has 0 aromatic heterocycles. The quantitative estimate of drug-likeness (QED) is 0.0586. The van der Waals surface area contributed by atoms with Crippen molar-refractivity contribution in [2.24, 2.45) is 5.92 Å². The van der Waals surface area contributed by atoms with Crippen molar-refractivity contribution in [3.05, 3.63) is 169 Å². The number of hydrogen-bond acceptors (Lipinski definition) is 1. The Hall–Kier alpha value is -4.66. The zero-order chi connectivity index (χ0) is 56.0. The highest BCUT2D eigenvalue weighted by Gasteiger charge is 2.31. The van der Waals surface area contributed by atoms with Gasteiger partial charge >= 0.3 is 6.18 Å². The molecular formula is C65H98F8O. The second-order valence-electron chi connectivity index (χ2n) is 21.7. The van der Waals surface area contributed by atoms with Gasteiger partial charge in [-0.2, -0.15) is 13.2 Å². The maximum atomic E-state index is 12.9. The molecule has 0 radical (unpaired) electrons. The normalized spacial score (nSPS) is 11.0. The Kier molecular flexibility index (Phi) is 34.6. The van der Waals surface area contributed by atoms with Crippen LogP contribution in [0.3, 0.4) is 0 Å². The number of unbranched alkanes of at least 4 members (excludes halogenated alkanes) is 2. The van der Waals surface area contributed by atoms with Crippen molar-refractivity contribution in [3.8, 4) is 5.75 Å². The van der Waals surface area contributed by atoms with Crippen LogP contribution in [0.5, 0.6) is 5.75 Å². The smallest absolute Gasteiger partial charge is 0.416 e. The minimum absolute atomic E-state index is 0. The molecule has 420 valence electrons. The third kappa shape index (κ3) is 26.2. The van der Waals surface area contributed by atoms with E-state index >= 15 is 0 Å². The largest absolute Gasteiger partial charge is 0.497 e. The van der Waals surface area contributed by atoms with Crippen molar-refractivity contribution >= 4 is 0 Å². The molecule has 0 atom stereocenters. The van der Waals surface area contributed by atoms with E-state index in [1.165, 1.54) is 90.6 Å². The highest BCUT2D eigenvalue weighted by atomic mass is 19.4.